The van der Waals surface area contributed by atoms with Crippen molar-refractivity contribution in [1.82, 2.24) is 0 Å². The first kappa shape index (κ1) is 10.0. The molecule has 1 N–H and O–H groups in total. The van der Waals surface area contributed by atoms with E-state index in [1.165, 1.54) is 0 Å². The summed E-state index contributed by atoms with van der Waals surface area (Å²) in [6.07, 6.45) is 4.17. The van der Waals surface area contributed by atoms with Gasteiger partial charge in [-0.25, -0.2) is 0 Å². The van der Waals surface area contributed by atoms with Crippen LogP contribution >= 0.6 is 0 Å². The lowest BCUT2D eigenvalue weighted by molar-refractivity contribution is 0.305. The van der Waals surface area contributed by atoms with Gasteiger partial charge in [0.25, 0.3) is 0 Å². The number of rotatable bonds is 2. The summed E-state index contributed by atoms with van der Waals surface area (Å²) in [5, 5.41) is 8.37. The molecule has 0 aliphatic rings. The van der Waals surface area contributed by atoms with E-state index in [0.717, 1.165) is 0 Å². The Hall–Kier alpha value is -0.960. The third kappa shape index (κ3) is 9.04. The zero-order valence-corrected chi connectivity index (χ0v) is 7.09. The molecule has 0 aromatic heterocycles. The summed E-state index contributed by atoms with van der Waals surface area (Å²) in [7, 11) is 0. The van der Waals surface area contributed by atoms with E-state index in [1.807, 2.05) is 6.08 Å². The molecule has 0 spiro atoms. The van der Waals surface area contributed by atoms with Crippen molar-refractivity contribution in [2.45, 2.75) is 20.3 Å². The minimum atomic E-state index is 0.134. The van der Waals surface area contributed by atoms with Gasteiger partial charge in [0.05, 0.1) is 6.61 Å². The van der Waals surface area contributed by atoms with E-state index in [-0.39, 0.29) is 6.61 Å². The molecule has 0 rings (SSSR count). The van der Waals surface area contributed by atoms with Crippen LogP contribution in [-0.2, 0) is 0 Å². The van der Waals surface area contributed by atoms with Crippen molar-refractivity contribution in [3.8, 4) is 11.8 Å². The maximum atomic E-state index is 8.37. The highest BCUT2D eigenvalue weighted by molar-refractivity contribution is 5.14. The second-order valence-electron chi connectivity index (χ2n) is 2.52. The second-order valence-corrected chi connectivity index (χ2v) is 2.52. The van der Waals surface area contributed by atoms with Gasteiger partial charge in [-0.3, -0.25) is 0 Å². The monoisotopic (exact) mass is 150 g/mol. The van der Waals surface area contributed by atoms with Crippen LogP contribution in [0, 0.1) is 17.8 Å². The zero-order valence-electron chi connectivity index (χ0n) is 7.09. The third-order valence-electron chi connectivity index (χ3n) is 0.924. The molecule has 0 aromatic rings. The average molecular weight is 150 g/mol. The molecule has 0 radical (unpaired) electrons. The fraction of sp³-hybridized carbons (Fsp3) is 0.500. The van der Waals surface area contributed by atoms with Crippen LogP contribution in [0.3, 0.4) is 0 Å². The Labute approximate surface area is 68.4 Å². The number of hydrogen-bond donors (Lipinski definition) is 1. The molecule has 0 amide bonds. The minimum Gasteiger partial charge on any atom is -0.395 e. The van der Waals surface area contributed by atoms with Crippen molar-refractivity contribution in [2.24, 2.45) is 5.92 Å². The number of aliphatic hydroxyl groups excluding tert-OH is 1. The van der Waals surface area contributed by atoms with Gasteiger partial charge in [0.15, 0.2) is 0 Å². The first-order valence-electron chi connectivity index (χ1n) is 3.77. The van der Waals surface area contributed by atoms with Crippen molar-refractivity contribution < 1.29 is 5.11 Å². The van der Waals surface area contributed by atoms with Crippen LogP contribution in [0.5, 0.6) is 0 Å². The summed E-state index contributed by atoms with van der Waals surface area (Å²) < 4.78 is 0. The van der Waals surface area contributed by atoms with Gasteiger partial charge in [0, 0.05) is 12.5 Å². The zero-order chi connectivity index (χ0) is 8.53. The van der Waals surface area contributed by atoms with E-state index in [4.69, 9.17) is 5.11 Å². The highest BCUT2D eigenvalue weighted by Gasteiger charge is 1.77. The van der Waals surface area contributed by atoms with E-state index in [1.54, 1.807) is 6.08 Å². The quantitative estimate of drug-likeness (QED) is 0.469. The fourth-order valence-corrected chi connectivity index (χ4v) is 0.461. The molecule has 0 bridgehead atoms. The largest absolute Gasteiger partial charge is 0.395 e. The van der Waals surface area contributed by atoms with Crippen molar-refractivity contribution >= 4 is 0 Å². The van der Waals surface area contributed by atoms with E-state index in [9.17, 15) is 0 Å². The summed E-state index contributed by atoms with van der Waals surface area (Å²) in [5.74, 6) is 6.05. The predicted molar refractivity (Wildman–Crippen MR) is 47.0 cm³/mol. The molecule has 0 fully saturated rings. The normalized spacial score (nSPS) is 8.00. The van der Waals surface area contributed by atoms with Crippen LogP contribution in [0.25, 0.3) is 0 Å². The predicted octanol–water partition coefficient (Wildman–Crippen LogP) is 1.74. The minimum absolute atomic E-state index is 0.134. The van der Waals surface area contributed by atoms with Crippen molar-refractivity contribution in [1.29, 1.82) is 0 Å². The van der Waals surface area contributed by atoms with Gasteiger partial charge in [-0.1, -0.05) is 25.7 Å². The number of aliphatic hydroxyl groups is 1. The van der Waals surface area contributed by atoms with Crippen LogP contribution in [0.1, 0.15) is 20.3 Å². The lowest BCUT2D eigenvalue weighted by Gasteiger charge is -1.84. The summed E-state index contributed by atoms with van der Waals surface area (Å²) in [4.78, 5) is 0. The van der Waals surface area contributed by atoms with Gasteiger partial charge in [-0.15, -0.1) is 5.73 Å². The molecule has 0 aliphatic heterocycles. The molecular formula is C10H14O. The molecule has 1 nitrogen and oxygen atoms in total. The lowest BCUT2D eigenvalue weighted by Crippen LogP contribution is -1.74. The molecule has 0 atom stereocenters. The molecule has 0 saturated heterocycles. The van der Waals surface area contributed by atoms with Crippen LogP contribution in [-0.4, -0.2) is 11.7 Å². The van der Waals surface area contributed by atoms with E-state index in [2.05, 4.69) is 31.4 Å². The van der Waals surface area contributed by atoms with Crippen LogP contribution < -0.4 is 0 Å². The summed E-state index contributed by atoms with van der Waals surface area (Å²) in [5.41, 5.74) is 2.94. The highest BCUT2D eigenvalue weighted by Crippen LogP contribution is 1.89. The number of allylic oxidation sites excluding steroid dienone is 1. The topological polar surface area (TPSA) is 20.2 Å². The molecule has 1 heteroatoms. The van der Waals surface area contributed by atoms with Crippen LogP contribution in [0.2, 0.25) is 0 Å². The Bertz CT molecular complexity index is 197. The smallest absolute Gasteiger partial charge is 0.0540 e. The fourth-order valence-electron chi connectivity index (χ4n) is 0.461. The van der Waals surface area contributed by atoms with Gasteiger partial charge in [0.1, 0.15) is 0 Å². The highest BCUT2D eigenvalue weighted by atomic mass is 16.2. The lowest BCUT2D eigenvalue weighted by atomic mass is 10.2. The second kappa shape index (κ2) is 7.15. The van der Waals surface area contributed by atoms with E-state index in [0.29, 0.717) is 12.3 Å². The average Bonchev–Trinajstić information content (AvgIpc) is 1.96. The summed E-state index contributed by atoms with van der Waals surface area (Å²) in [6, 6.07) is 0. The van der Waals surface area contributed by atoms with Crippen molar-refractivity contribution in [3.63, 3.8) is 0 Å². The Morgan fingerprint density at radius 2 is 2.18 bits per heavy atom. The van der Waals surface area contributed by atoms with Gasteiger partial charge in [-0.2, -0.15) is 0 Å². The molecule has 0 unspecified atom stereocenters. The Morgan fingerprint density at radius 1 is 1.45 bits per heavy atom. The Kier molecular flexibility index (Phi) is 6.53. The Morgan fingerprint density at radius 3 is 2.73 bits per heavy atom. The van der Waals surface area contributed by atoms with E-state index < -0.39 is 0 Å². The molecule has 60 valence electrons. The van der Waals surface area contributed by atoms with Gasteiger partial charge in [0.2, 0.25) is 0 Å². The molecule has 0 aliphatic carbocycles. The molecule has 0 aromatic carbocycles. The van der Waals surface area contributed by atoms with Crippen LogP contribution in [0.15, 0.2) is 17.9 Å². The molecular weight excluding hydrogens is 136 g/mol. The van der Waals surface area contributed by atoms with Crippen molar-refractivity contribution in [2.75, 3.05) is 6.61 Å². The first-order chi connectivity index (χ1) is 5.27. The SMILES string of the molecule is CC(C)C=C=CC#CCCO. The van der Waals surface area contributed by atoms with Crippen molar-refractivity contribution in [3.05, 3.63) is 17.9 Å². The molecule has 0 heterocycles. The summed E-state index contributed by atoms with van der Waals surface area (Å²) in [6.45, 7) is 4.30. The number of hydrogen-bond acceptors (Lipinski definition) is 1. The van der Waals surface area contributed by atoms with Gasteiger partial charge in [-0.05, 0) is 12.0 Å². The van der Waals surface area contributed by atoms with Gasteiger partial charge < -0.3 is 5.11 Å². The maximum absolute atomic E-state index is 8.37. The Balaban J connectivity index is 3.69. The maximum Gasteiger partial charge on any atom is 0.0540 e. The van der Waals surface area contributed by atoms with Crippen LogP contribution in [0.4, 0.5) is 0 Å². The molecule has 0 saturated carbocycles. The molecule has 11 heavy (non-hydrogen) atoms. The summed E-state index contributed by atoms with van der Waals surface area (Å²) >= 11 is 0. The standard InChI is InChI=1S/C10H14O/c1-10(2)8-6-4-3-5-7-9-11/h4,8,10-11H,7,9H2,1-2H3. The first-order valence-corrected chi connectivity index (χ1v) is 3.77. The van der Waals surface area contributed by atoms with E-state index >= 15 is 0 Å². The third-order valence-corrected chi connectivity index (χ3v) is 0.924. The van der Waals surface area contributed by atoms with Gasteiger partial charge >= 0.3 is 0 Å².